The van der Waals surface area contributed by atoms with Gasteiger partial charge in [-0.15, -0.1) is 13.2 Å². The normalized spacial score (nSPS) is 13.5. The van der Waals surface area contributed by atoms with Crippen molar-refractivity contribution in [3.63, 3.8) is 0 Å². The molecule has 0 saturated heterocycles. The number of hydrogen-bond acceptors (Lipinski definition) is 5. The van der Waals surface area contributed by atoms with Gasteiger partial charge >= 0.3 is 12.5 Å². The van der Waals surface area contributed by atoms with Crippen molar-refractivity contribution in [1.82, 2.24) is 5.32 Å². The minimum atomic E-state index is -4.85. The molecule has 0 fully saturated rings. The number of benzene rings is 2. The lowest BCUT2D eigenvalue weighted by atomic mass is 10.0. The fourth-order valence-electron chi connectivity index (χ4n) is 2.37. The van der Waals surface area contributed by atoms with E-state index < -0.39 is 30.4 Å². The number of nitrogens with one attached hydrogen (secondary N) is 1. The van der Waals surface area contributed by atoms with Crippen molar-refractivity contribution in [1.29, 1.82) is 0 Å². The van der Waals surface area contributed by atoms with Gasteiger partial charge in [0.2, 0.25) is 0 Å². The van der Waals surface area contributed by atoms with Crippen LogP contribution in [0.25, 0.3) is 0 Å². The van der Waals surface area contributed by atoms with Gasteiger partial charge in [0.15, 0.2) is 0 Å². The van der Waals surface area contributed by atoms with Crippen LogP contribution in [0.3, 0.4) is 0 Å². The summed E-state index contributed by atoms with van der Waals surface area (Å²) in [4.78, 5) is 11.6. The summed E-state index contributed by atoms with van der Waals surface area (Å²) in [7, 11) is 0. The molecule has 0 bridgehead atoms. The number of alkyl halides is 3. The maximum Gasteiger partial charge on any atom is 0.573 e. The summed E-state index contributed by atoms with van der Waals surface area (Å²) in [5.74, 6) is -0.501. The Morgan fingerprint density at radius 1 is 1.07 bits per heavy atom. The van der Waals surface area contributed by atoms with Crippen LogP contribution >= 0.6 is 0 Å². The van der Waals surface area contributed by atoms with Crippen LogP contribution in [0.1, 0.15) is 23.7 Å². The quantitative estimate of drug-likeness (QED) is 0.634. The molecule has 0 radical (unpaired) electrons. The first-order valence-corrected chi connectivity index (χ1v) is 8.41. The van der Waals surface area contributed by atoms with Crippen LogP contribution in [0, 0.1) is 0 Å². The van der Waals surface area contributed by atoms with Gasteiger partial charge in [-0.1, -0.05) is 42.5 Å². The largest absolute Gasteiger partial charge is 0.573 e. The van der Waals surface area contributed by atoms with E-state index in [1.165, 1.54) is 12.1 Å². The van der Waals surface area contributed by atoms with Crippen molar-refractivity contribution in [3.8, 4) is 5.75 Å². The van der Waals surface area contributed by atoms with Crippen molar-refractivity contribution in [3.05, 3.63) is 65.7 Å². The molecular formula is C19H20F3NO5. The van der Waals surface area contributed by atoms with Gasteiger partial charge in [-0.3, -0.25) is 0 Å². The van der Waals surface area contributed by atoms with E-state index in [4.69, 9.17) is 4.74 Å². The fraction of sp³-hybridized carbons (Fsp3) is 0.316. The summed E-state index contributed by atoms with van der Waals surface area (Å²) < 4.78 is 45.6. The minimum absolute atomic E-state index is 0.00456. The number of carbonyl (C=O) groups excluding carboxylic acids is 1. The molecule has 9 heteroatoms. The van der Waals surface area contributed by atoms with E-state index in [1.807, 2.05) is 18.2 Å². The Hall–Kier alpha value is -2.78. The Labute approximate surface area is 159 Å². The summed E-state index contributed by atoms with van der Waals surface area (Å²) in [5, 5.41) is 22.5. The third-order valence-electron chi connectivity index (χ3n) is 3.72. The van der Waals surface area contributed by atoms with E-state index in [0.29, 0.717) is 0 Å². The Morgan fingerprint density at radius 3 is 2.46 bits per heavy atom. The van der Waals surface area contributed by atoms with Crippen molar-refractivity contribution < 1.29 is 37.7 Å². The fourth-order valence-corrected chi connectivity index (χ4v) is 2.37. The van der Waals surface area contributed by atoms with Gasteiger partial charge in [0.1, 0.15) is 18.5 Å². The van der Waals surface area contributed by atoms with E-state index in [-0.39, 0.29) is 25.1 Å². The van der Waals surface area contributed by atoms with E-state index >= 15 is 0 Å². The molecule has 0 spiro atoms. The second-order valence-corrected chi connectivity index (χ2v) is 5.91. The summed E-state index contributed by atoms with van der Waals surface area (Å²) in [6.45, 7) is 0.0917. The molecule has 2 aromatic rings. The summed E-state index contributed by atoms with van der Waals surface area (Å²) in [6.07, 6.45) is -8.33. The monoisotopic (exact) mass is 399 g/mol. The molecule has 2 rings (SSSR count). The van der Waals surface area contributed by atoms with Gasteiger partial charge in [-0.25, -0.2) is 4.79 Å². The van der Waals surface area contributed by atoms with Crippen LogP contribution in [0.15, 0.2) is 54.6 Å². The predicted octanol–water partition coefficient (Wildman–Crippen LogP) is 3.30. The molecule has 28 heavy (non-hydrogen) atoms. The summed E-state index contributed by atoms with van der Waals surface area (Å²) in [6, 6.07) is 13.7. The molecule has 3 N–H and O–H groups in total. The molecule has 152 valence electrons. The zero-order valence-electron chi connectivity index (χ0n) is 14.7. The molecular weight excluding hydrogens is 379 g/mol. The zero-order chi connectivity index (χ0) is 20.6. The van der Waals surface area contributed by atoms with Gasteiger partial charge in [-0.05, 0) is 29.7 Å². The molecule has 0 aliphatic rings. The minimum Gasteiger partial charge on any atom is -0.445 e. The number of carbonyl (C=O) groups is 1. The number of rotatable bonds is 8. The zero-order valence-corrected chi connectivity index (χ0v) is 14.7. The molecule has 0 heterocycles. The molecule has 2 atom stereocenters. The van der Waals surface area contributed by atoms with Crippen LogP contribution in [0.5, 0.6) is 5.75 Å². The van der Waals surface area contributed by atoms with Gasteiger partial charge in [0, 0.05) is 6.54 Å². The highest BCUT2D eigenvalue weighted by atomic mass is 19.4. The Kier molecular flexibility index (Phi) is 7.65. The predicted molar refractivity (Wildman–Crippen MR) is 93.3 cm³/mol. The van der Waals surface area contributed by atoms with E-state index in [1.54, 1.807) is 12.1 Å². The summed E-state index contributed by atoms with van der Waals surface area (Å²) in [5.41, 5.74) is 0.870. The second-order valence-electron chi connectivity index (χ2n) is 5.91. The maximum atomic E-state index is 12.3. The maximum absolute atomic E-state index is 12.3. The van der Waals surface area contributed by atoms with Gasteiger partial charge < -0.3 is 25.0 Å². The van der Waals surface area contributed by atoms with Crippen LogP contribution < -0.4 is 10.1 Å². The Morgan fingerprint density at radius 2 is 1.79 bits per heavy atom. The lowest BCUT2D eigenvalue weighted by Crippen LogP contribution is -2.29. The lowest BCUT2D eigenvalue weighted by Gasteiger charge is -2.19. The topological polar surface area (TPSA) is 88.0 Å². The molecule has 2 aromatic carbocycles. The van der Waals surface area contributed by atoms with Gasteiger partial charge in [0.25, 0.3) is 0 Å². The Bertz CT molecular complexity index is 755. The lowest BCUT2D eigenvalue weighted by molar-refractivity contribution is -0.274. The van der Waals surface area contributed by atoms with Gasteiger partial charge in [0.05, 0.1) is 6.10 Å². The standard InChI is InChI=1S/C19H20F3NO5/c20-19(21,22)28-15-8-4-7-14(11-15)17(25)16(24)9-10-23-18(26)27-12-13-5-2-1-3-6-13/h1-8,11,16-17,24-25H,9-10,12H2,(H,23,26). The van der Waals surface area contributed by atoms with Crippen LogP contribution in [-0.4, -0.2) is 35.3 Å². The number of ether oxygens (including phenoxy) is 2. The first-order chi connectivity index (χ1) is 13.2. The van der Waals surface area contributed by atoms with Crippen LogP contribution in [0.4, 0.5) is 18.0 Å². The van der Waals surface area contributed by atoms with Gasteiger partial charge in [-0.2, -0.15) is 0 Å². The van der Waals surface area contributed by atoms with Crippen molar-refractivity contribution >= 4 is 6.09 Å². The number of hydrogen-bond donors (Lipinski definition) is 3. The summed E-state index contributed by atoms with van der Waals surface area (Å²) >= 11 is 0. The van der Waals surface area contributed by atoms with Crippen molar-refractivity contribution in [2.24, 2.45) is 0 Å². The van der Waals surface area contributed by atoms with Crippen molar-refractivity contribution in [2.75, 3.05) is 6.54 Å². The molecule has 2 unspecified atom stereocenters. The smallest absolute Gasteiger partial charge is 0.445 e. The highest BCUT2D eigenvalue weighted by molar-refractivity contribution is 5.67. The van der Waals surface area contributed by atoms with Crippen LogP contribution in [0.2, 0.25) is 0 Å². The molecule has 0 aliphatic heterocycles. The first-order valence-electron chi connectivity index (χ1n) is 8.41. The highest BCUT2D eigenvalue weighted by Gasteiger charge is 2.31. The number of aliphatic hydroxyl groups excluding tert-OH is 2. The van der Waals surface area contributed by atoms with E-state index in [9.17, 15) is 28.2 Å². The Balaban J connectivity index is 1.77. The SMILES string of the molecule is O=C(NCCC(O)C(O)c1cccc(OC(F)(F)F)c1)OCc1ccccc1. The average Bonchev–Trinajstić information content (AvgIpc) is 2.65. The molecule has 1 amide bonds. The number of alkyl carbamates (subject to hydrolysis) is 1. The molecule has 0 aliphatic carbocycles. The highest BCUT2D eigenvalue weighted by Crippen LogP contribution is 2.27. The molecule has 0 saturated carbocycles. The second kappa shape index (κ2) is 9.95. The van der Waals surface area contributed by atoms with E-state index in [0.717, 1.165) is 17.7 Å². The molecule has 0 aromatic heterocycles. The third-order valence-corrected chi connectivity index (χ3v) is 3.72. The van der Waals surface area contributed by atoms with E-state index in [2.05, 4.69) is 10.1 Å². The first kappa shape index (κ1) is 21.5. The number of halogens is 3. The van der Waals surface area contributed by atoms with Crippen molar-refractivity contribution in [2.45, 2.75) is 31.6 Å². The number of aliphatic hydroxyl groups is 2. The average molecular weight is 399 g/mol. The molecule has 6 nitrogen and oxygen atoms in total. The number of amides is 1. The third kappa shape index (κ3) is 7.45. The van der Waals surface area contributed by atoms with Crippen LogP contribution in [-0.2, 0) is 11.3 Å².